The van der Waals surface area contributed by atoms with Crippen LogP contribution in [0, 0.1) is 24.5 Å². The molecular formula is C14H18F4N2. The Morgan fingerprint density at radius 2 is 2.05 bits per heavy atom. The van der Waals surface area contributed by atoms with E-state index >= 15 is 0 Å². The third kappa shape index (κ3) is 2.96. The van der Waals surface area contributed by atoms with Crippen LogP contribution in [0.1, 0.15) is 42.9 Å². The summed E-state index contributed by atoms with van der Waals surface area (Å²) < 4.78 is 55.0. The maximum Gasteiger partial charge on any atom is 0.248 e. The zero-order chi connectivity index (χ0) is 14.9. The zero-order valence-corrected chi connectivity index (χ0v) is 11.2. The van der Waals surface area contributed by atoms with E-state index in [4.69, 9.17) is 5.84 Å². The van der Waals surface area contributed by atoms with Gasteiger partial charge in [-0.2, -0.15) is 0 Å². The van der Waals surface area contributed by atoms with Crippen LogP contribution in [0.2, 0.25) is 0 Å². The fourth-order valence-electron chi connectivity index (χ4n) is 2.91. The number of benzene rings is 1. The van der Waals surface area contributed by atoms with Gasteiger partial charge in [0.2, 0.25) is 5.92 Å². The number of nitrogens with two attached hydrogens (primary N) is 1. The van der Waals surface area contributed by atoms with Gasteiger partial charge in [-0.25, -0.2) is 17.6 Å². The van der Waals surface area contributed by atoms with E-state index in [1.165, 1.54) is 13.0 Å². The molecule has 1 aliphatic carbocycles. The predicted octanol–water partition coefficient (Wildman–Crippen LogP) is 3.60. The molecular weight excluding hydrogens is 272 g/mol. The lowest BCUT2D eigenvalue weighted by Crippen LogP contribution is -2.39. The van der Waals surface area contributed by atoms with Gasteiger partial charge in [-0.15, -0.1) is 0 Å². The summed E-state index contributed by atoms with van der Waals surface area (Å²) in [5.41, 5.74) is 2.35. The molecule has 20 heavy (non-hydrogen) atoms. The van der Waals surface area contributed by atoms with Crippen molar-refractivity contribution < 1.29 is 17.6 Å². The van der Waals surface area contributed by atoms with E-state index in [0.29, 0.717) is 12.8 Å². The van der Waals surface area contributed by atoms with Gasteiger partial charge in [-0.05, 0) is 37.3 Å². The minimum absolute atomic E-state index is 0.181. The van der Waals surface area contributed by atoms with Crippen molar-refractivity contribution in [3.63, 3.8) is 0 Å². The highest BCUT2D eigenvalue weighted by atomic mass is 19.3. The van der Waals surface area contributed by atoms with Crippen LogP contribution >= 0.6 is 0 Å². The molecule has 3 N–H and O–H groups in total. The number of nitrogens with one attached hydrogen (secondary N) is 1. The Balaban J connectivity index is 2.35. The van der Waals surface area contributed by atoms with Crippen LogP contribution < -0.4 is 11.3 Å². The molecule has 1 fully saturated rings. The highest BCUT2D eigenvalue weighted by molar-refractivity contribution is 5.29. The number of hydrogen-bond donors (Lipinski definition) is 2. The van der Waals surface area contributed by atoms with E-state index in [9.17, 15) is 17.6 Å². The third-order valence-corrected chi connectivity index (χ3v) is 3.96. The van der Waals surface area contributed by atoms with Crippen LogP contribution in [0.25, 0.3) is 0 Å². The first kappa shape index (κ1) is 15.3. The van der Waals surface area contributed by atoms with Gasteiger partial charge >= 0.3 is 0 Å². The molecule has 2 unspecified atom stereocenters. The van der Waals surface area contributed by atoms with Gasteiger partial charge in [0.25, 0.3) is 0 Å². The van der Waals surface area contributed by atoms with Gasteiger partial charge < -0.3 is 0 Å². The Morgan fingerprint density at radius 3 is 2.65 bits per heavy atom. The molecule has 0 aliphatic heterocycles. The molecule has 0 amide bonds. The summed E-state index contributed by atoms with van der Waals surface area (Å²) in [5, 5.41) is 0. The highest BCUT2D eigenvalue weighted by Gasteiger charge is 2.40. The topological polar surface area (TPSA) is 38.0 Å². The minimum Gasteiger partial charge on any atom is -0.271 e. The van der Waals surface area contributed by atoms with Crippen LogP contribution in [0.4, 0.5) is 17.6 Å². The fourth-order valence-corrected chi connectivity index (χ4v) is 2.91. The smallest absolute Gasteiger partial charge is 0.248 e. The van der Waals surface area contributed by atoms with Crippen LogP contribution in [0.15, 0.2) is 12.1 Å². The quantitative estimate of drug-likeness (QED) is 0.507. The van der Waals surface area contributed by atoms with Crippen molar-refractivity contribution in [3.8, 4) is 0 Å². The Labute approximate surface area is 115 Å². The van der Waals surface area contributed by atoms with Crippen LogP contribution in [-0.2, 0) is 0 Å². The second kappa shape index (κ2) is 5.69. The van der Waals surface area contributed by atoms with E-state index < -0.39 is 35.9 Å². The van der Waals surface area contributed by atoms with Crippen LogP contribution in [0.3, 0.4) is 0 Å². The molecule has 1 aromatic carbocycles. The first-order valence-corrected chi connectivity index (χ1v) is 6.64. The summed E-state index contributed by atoms with van der Waals surface area (Å²) >= 11 is 0. The van der Waals surface area contributed by atoms with Crippen LogP contribution in [0.5, 0.6) is 0 Å². The van der Waals surface area contributed by atoms with Gasteiger partial charge in [0.15, 0.2) is 0 Å². The zero-order valence-electron chi connectivity index (χ0n) is 11.2. The van der Waals surface area contributed by atoms with E-state index in [-0.39, 0.29) is 17.5 Å². The molecule has 0 aromatic heterocycles. The van der Waals surface area contributed by atoms with Crippen molar-refractivity contribution in [3.05, 3.63) is 34.9 Å². The van der Waals surface area contributed by atoms with Gasteiger partial charge in [-0.3, -0.25) is 11.3 Å². The van der Waals surface area contributed by atoms with E-state index in [1.54, 1.807) is 0 Å². The third-order valence-electron chi connectivity index (χ3n) is 3.96. The molecule has 0 saturated heterocycles. The molecule has 0 spiro atoms. The normalized spacial score (nSPS) is 23.6. The number of halogens is 4. The Morgan fingerprint density at radius 1 is 1.35 bits per heavy atom. The molecule has 1 aromatic rings. The summed E-state index contributed by atoms with van der Waals surface area (Å²) in [6, 6.07) is 1.51. The molecule has 0 bridgehead atoms. The molecule has 2 rings (SSSR count). The summed E-state index contributed by atoms with van der Waals surface area (Å²) in [6.45, 7) is 1.50. The molecule has 2 atom stereocenters. The number of hydrogen-bond acceptors (Lipinski definition) is 2. The largest absolute Gasteiger partial charge is 0.271 e. The minimum atomic E-state index is -2.80. The first-order valence-electron chi connectivity index (χ1n) is 6.64. The second-order valence-electron chi connectivity index (χ2n) is 5.45. The molecule has 1 saturated carbocycles. The van der Waals surface area contributed by atoms with Crippen molar-refractivity contribution >= 4 is 0 Å². The molecule has 6 heteroatoms. The molecule has 0 radical (unpaired) electrons. The molecule has 1 aliphatic rings. The van der Waals surface area contributed by atoms with Crippen molar-refractivity contribution in [2.24, 2.45) is 11.8 Å². The van der Waals surface area contributed by atoms with Gasteiger partial charge in [0, 0.05) is 18.4 Å². The fraction of sp³-hybridized carbons (Fsp3) is 0.571. The highest BCUT2D eigenvalue weighted by Crippen LogP contribution is 2.43. The SMILES string of the molecule is Cc1ccc(F)c(C(NN)C2CCCC(F)(F)C2)c1F. The average Bonchev–Trinajstić information content (AvgIpc) is 2.38. The maximum absolute atomic E-state index is 14.1. The van der Waals surface area contributed by atoms with Gasteiger partial charge in [0.1, 0.15) is 11.6 Å². The van der Waals surface area contributed by atoms with Crippen molar-refractivity contribution in [1.29, 1.82) is 0 Å². The lowest BCUT2D eigenvalue weighted by atomic mass is 9.79. The predicted molar refractivity (Wildman–Crippen MR) is 68.1 cm³/mol. The summed E-state index contributed by atoms with van der Waals surface area (Å²) in [5.74, 6) is 0.519. The average molecular weight is 290 g/mol. The first-order chi connectivity index (χ1) is 9.35. The lowest BCUT2D eigenvalue weighted by Gasteiger charge is -2.34. The lowest BCUT2D eigenvalue weighted by molar-refractivity contribution is -0.0587. The Kier molecular flexibility index (Phi) is 4.34. The molecule has 112 valence electrons. The van der Waals surface area contributed by atoms with Crippen LogP contribution in [-0.4, -0.2) is 5.92 Å². The Bertz CT molecular complexity index is 490. The number of rotatable bonds is 3. The van der Waals surface area contributed by atoms with E-state index in [1.807, 2.05) is 0 Å². The number of alkyl halides is 2. The van der Waals surface area contributed by atoms with E-state index in [0.717, 1.165) is 6.07 Å². The summed E-state index contributed by atoms with van der Waals surface area (Å²) in [6.07, 6.45) is 0.205. The van der Waals surface area contributed by atoms with Crippen molar-refractivity contribution in [2.75, 3.05) is 0 Å². The standard InChI is InChI=1S/C14H18F4N2/c1-8-4-5-10(15)11(12(8)16)13(20-19)9-3-2-6-14(17,18)7-9/h4-5,9,13,20H,2-3,6-7,19H2,1H3. The number of aryl methyl sites for hydroxylation is 1. The maximum atomic E-state index is 14.1. The summed E-state index contributed by atoms with van der Waals surface area (Å²) in [4.78, 5) is 0. The van der Waals surface area contributed by atoms with Crippen molar-refractivity contribution in [1.82, 2.24) is 5.43 Å². The Hall–Kier alpha value is -1.14. The van der Waals surface area contributed by atoms with Gasteiger partial charge in [0.05, 0.1) is 6.04 Å². The monoisotopic (exact) mass is 290 g/mol. The number of hydrazine groups is 1. The summed E-state index contributed by atoms with van der Waals surface area (Å²) in [7, 11) is 0. The van der Waals surface area contributed by atoms with Crippen molar-refractivity contribution in [2.45, 2.75) is 44.6 Å². The van der Waals surface area contributed by atoms with Gasteiger partial charge in [-0.1, -0.05) is 6.07 Å². The molecule has 2 nitrogen and oxygen atoms in total. The molecule has 0 heterocycles. The van der Waals surface area contributed by atoms with E-state index in [2.05, 4.69) is 5.43 Å². The second-order valence-corrected chi connectivity index (χ2v) is 5.45.